The number of nitrogens with one attached hydrogen (secondary N) is 1. The molecule has 1 heterocycles. The number of hydrogen-bond donors (Lipinski definition) is 2. The molecule has 0 spiro atoms. The standard InChI is InChI=1S/C15H22F2N2O/c1-14(2)8-12(15(3,4)20-14)13(19-18)9-5-10(16)7-11(17)6-9/h5-7,12-13,19H,8,18H2,1-4H3. The molecule has 1 aliphatic rings. The Morgan fingerprint density at radius 3 is 2.15 bits per heavy atom. The van der Waals surface area contributed by atoms with Gasteiger partial charge in [0.2, 0.25) is 0 Å². The van der Waals surface area contributed by atoms with Crippen LogP contribution in [0.5, 0.6) is 0 Å². The highest BCUT2D eigenvalue weighted by molar-refractivity contribution is 5.23. The molecule has 0 aromatic heterocycles. The molecule has 112 valence electrons. The highest BCUT2D eigenvalue weighted by atomic mass is 19.1. The van der Waals surface area contributed by atoms with Crippen LogP contribution in [0.15, 0.2) is 18.2 Å². The Labute approximate surface area is 118 Å². The predicted molar refractivity (Wildman–Crippen MR) is 73.8 cm³/mol. The van der Waals surface area contributed by atoms with Crippen molar-refractivity contribution in [3.05, 3.63) is 35.4 Å². The molecule has 0 aliphatic carbocycles. The van der Waals surface area contributed by atoms with E-state index in [2.05, 4.69) is 5.43 Å². The normalized spacial score (nSPS) is 25.6. The quantitative estimate of drug-likeness (QED) is 0.662. The second-order valence-corrected chi connectivity index (χ2v) is 6.62. The van der Waals surface area contributed by atoms with Gasteiger partial charge in [-0.3, -0.25) is 11.3 Å². The summed E-state index contributed by atoms with van der Waals surface area (Å²) in [6, 6.07) is 3.12. The summed E-state index contributed by atoms with van der Waals surface area (Å²) in [5, 5.41) is 0. The molecule has 2 rings (SSSR count). The molecule has 0 bridgehead atoms. The number of benzene rings is 1. The molecule has 20 heavy (non-hydrogen) atoms. The predicted octanol–water partition coefficient (Wildman–Crippen LogP) is 3.06. The summed E-state index contributed by atoms with van der Waals surface area (Å²) in [5.74, 6) is 4.46. The van der Waals surface area contributed by atoms with Gasteiger partial charge in [0, 0.05) is 12.0 Å². The van der Waals surface area contributed by atoms with Gasteiger partial charge in [-0.2, -0.15) is 0 Å². The van der Waals surface area contributed by atoms with Crippen LogP contribution in [0.3, 0.4) is 0 Å². The van der Waals surface area contributed by atoms with Crippen molar-refractivity contribution in [2.45, 2.75) is 51.4 Å². The smallest absolute Gasteiger partial charge is 0.126 e. The fourth-order valence-electron chi connectivity index (χ4n) is 3.32. The average Bonchev–Trinajstić information content (AvgIpc) is 2.46. The van der Waals surface area contributed by atoms with Crippen LogP contribution in [-0.4, -0.2) is 11.2 Å². The molecule has 2 atom stereocenters. The molecule has 3 N–H and O–H groups in total. The summed E-state index contributed by atoms with van der Waals surface area (Å²) >= 11 is 0. The zero-order valence-electron chi connectivity index (χ0n) is 12.3. The summed E-state index contributed by atoms with van der Waals surface area (Å²) in [5.41, 5.74) is 2.49. The first kappa shape index (κ1) is 15.4. The van der Waals surface area contributed by atoms with E-state index in [4.69, 9.17) is 10.6 Å². The van der Waals surface area contributed by atoms with E-state index < -0.39 is 17.2 Å². The van der Waals surface area contributed by atoms with E-state index in [1.165, 1.54) is 12.1 Å². The molecule has 2 unspecified atom stereocenters. The average molecular weight is 284 g/mol. The van der Waals surface area contributed by atoms with Gasteiger partial charge in [0.15, 0.2) is 0 Å². The van der Waals surface area contributed by atoms with Crippen molar-refractivity contribution in [2.24, 2.45) is 11.8 Å². The van der Waals surface area contributed by atoms with Gasteiger partial charge >= 0.3 is 0 Å². The third kappa shape index (κ3) is 3.00. The van der Waals surface area contributed by atoms with E-state index in [0.29, 0.717) is 5.56 Å². The van der Waals surface area contributed by atoms with E-state index in [1.54, 1.807) is 0 Å². The molecule has 1 aliphatic heterocycles. The van der Waals surface area contributed by atoms with E-state index in [0.717, 1.165) is 12.5 Å². The lowest BCUT2D eigenvalue weighted by atomic mass is 9.79. The molecular weight excluding hydrogens is 262 g/mol. The van der Waals surface area contributed by atoms with Crippen LogP contribution in [0.25, 0.3) is 0 Å². The molecule has 0 amide bonds. The number of halogens is 2. The molecule has 0 saturated carbocycles. The van der Waals surface area contributed by atoms with E-state index in [9.17, 15) is 8.78 Å². The SMILES string of the molecule is CC1(C)CC(C(NN)c2cc(F)cc(F)c2)C(C)(C)O1. The maximum absolute atomic E-state index is 13.4. The van der Waals surface area contributed by atoms with E-state index in [1.807, 2.05) is 27.7 Å². The van der Waals surface area contributed by atoms with E-state index in [-0.39, 0.29) is 17.6 Å². The fourth-order valence-corrected chi connectivity index (χ4v) is 3.32. The van der Waals surface area contributed by atoms with Crippen molar-refractivity contribution in [3.63, 3.8) is 0 Å². The van der Waals surface area contributed by atoms with Gasteiger partial charge in [0.05, 0.1) is 17.2 Å². The number of hydrazine groups is 1. The van der Waals surface area contributed by atoms with Gasteiger partial charge in [0.25, 0.3) is 0 Å². The Kier molecular flexibility index (Phi) is 3.88. The first-order valence-electron chi connectivity index (χ1n) is 6.77. The maximum Gasteiger partial charge on any atom is 0.126 e. The van der Waals surface area contributed by atoms with Gasteiger partial charge in [-0.15, -0.1) is 0 Å². The van der Waals surface area contributed by atoms with Crippen molar-refractivity contribution in [1.82, 2.24) is 5.43 Å². The van der Waals surface area contributed by atoms with Crippen molar-refractivity contribution in [1.29, 1.82) is 0 Å². The third-order valence-corrected chi connectivity index (χ3v) is 3.97. The van der Waals surface area contributed by atoms with Gasteiger partial charge in [0.1, 0.15) is 11.6 Å². The lowest BCUT2D eigenvalue weighted by molar-refractivity contribution is -0.0779. The summed E-state index contributed by atoms with van der Waals surface area (Å²) in [4.78, 5) is 0. The van der Waals surface area contributed by atoms with E-state index >= 15 is 0 Å². The van der Waals surface area contributed by atoms with Crippen LogP contribution >= 0.6 is 0 Å². The molecule has 1 aromatic rings. The number of ether oxygens (including phenoxy) is 1. The van der Waals surface area contributed by atoms with Gasteiger partial charge in [-0.25, -0.2) is 8.78 Å². The summed E-state index contributed by atoms with van der Waals surface area (Å²) < 4.78 is 32.9. The van der Waals surface area contributed by atoms with Crippen LogP contribution < -0.4 is 11.3 Å². The topological polar surface area (TPSA) is 47.3 Å². The molecule has 0 radical (unpaired) electrons. The summed E-state index contributed by atoms with van der Waals surface area (Å²) in [6.45, 7) is 7.97. The highest BCUT2D eigenvalue weighted by Gasteiger charge is 2.49. The van der Waals surface area contributed by atoms with Crippen LogP contribution in [0.4, 0.5) is 8.78 Å². The summed E-state index contributed by atoms with van der Waals surface area (Å²) in [7, 11) is 0. The molecule has 1 saturated heterocycles. The highest BCUT2D eigenvalue weighted by Crippen LogP contribution is 2.47. The third-order valence-electron chi connectivity index (χ3n) is 3.97. The molecule has 5 heteroatoms. The minimum atomic E-state index is -0.601. The van der Waals surface area contributed by atoms with Crippen LogP contribution in [-0.2, 0) is 4.74 Å². The van der Waals surface area contributed by atoms with Crippen LogP contribution in [0.2, 0.25) is 0 Å². The van der Waals surface area contributed by atoms with Gasteiger partial charge < -0.3 is 4.74 Å². The Balaban J connectivity index is 2.37. The number of rotatable bonds is 3. The van der Waals surface area contributed by atoms with Crippen molar-refractivity contribution in [3.8, 4) is 0 Å². The van der Waals surface area contributed by atoms with Crippen molar-refractivity contribution in [2.75, 3.05) is 0 Å². The molecular formula is C15H22F2N2O. The lowest BCUT2D eigenvalue weighted by Gasteiger charge is -2.33. The Morgan fingerprint density at radius 1 is 1.20 bits per heavy atom. The maximum atomic E-state index is 13.4. The Morgan fingerprint density at radius 2 is 1.75 bits per heavy atom. The van der Waals surface area contributed by atoms with Crippen molar-refractivity contribution < 1.29 is 13.5 Å². The zero-order chi connectivity index (χ0) is 15.1. The van der Waals surface area contributed by atoms with Crippen molar-refractivity contribution >= 4 is 0 Å². The molecule has 1 aromatic carbocycles. The molecule has 3 nitrogen and oxygen atoms in total. The first-order valence-corrected chi connectivity index (χ1v) is 6.77. The monoisotopic (exact) mass is 284 g/mol. The van der Waals surface area contributed by atoms with Gasteiger partial charge in [-0.1, -0.05) is 0 Å². The number of nitrogens with two attached hydrogens (primary N) is 1. The summed E-state index contributed by atoms with van der Waals surface area (Å²) in [6.07, 6.45) is 0.757. The van der Waals surface area contributed by atoms with Gasteiger partial charge in [-0.05, 0) is 51.8 Å². The minimum Gasteiger partial charge on any atom is -0.369 e. The van der Waals surface area contributed by atoms with Crippen LogP contribution in [0, 0.1) is 17.6 Å². The second-order valence-electron chi connectivity index (χ2n) is 6.62. The zero-order valence-corrected chi connectivity index (χ0v) is 12.3. The number of hydrogen-bond acceptors (Lipinski definition) is 3. The Hall–Kier alpha value is -1.04. The minimum absolute atomic E-state index is 0.0173. The second kappa shape index (κ2) is 5.06. The Bertz CT molecular complexity index is 482. The fraction of sp³-hybridized carbons (Fsp3) is 0.600. The first-order chi connectivity index (χ1) is 9.14. The van der Waals surface area contributed by atoms with Crippen LogP contribution in [0.1, 0.15) is 45.7 Å². The largest absolute Gasteiger partial charge is 0.369 e. The lowest BCUT2D eigenvalue weighted by Crippen LogP contribution is -2.41. The molecule has 1 fully saturated rings.